The lowest BCUT2D eigenvalue weighted by molar-refractivity contribution is 0.0662. The van der Waals surface area contributed by atoms with Gasteiger partial charge in [0, 0.05) is 11.3 Å². The lowest BCUT2D eigenvalue weighted by Gasteiger charge is -1.85. The molecule has 1 rings (SSSR count). The van der Waals surface area contributed by atoms with E-state index in [0.29, 0.717) is 0 Å². The third kappa shape index (κ3) is 5.59. The van der Waals surface area contributed by atoms with Gasteiger partial charge in [0.25, 0.3) is 0 Å². The summed E-state index contributed by atoms with van der Waals surface area (Å²) in [5.74, 6) is -1.06. The molecule has 0 amide bonds. The molecule has 1 atom stereocenters. The highest BCUT2D eigenvalue weighted by molar-refractivity contribution is 7.76. The van der Waals surface area contributed by atoms with Crippen molar-refractivity contribution in [2.45, 2.75) is 0 Å². The van der Waals surface area contributed by atoms with Gasteiger partial charge in [-0.15, -0.1) is 0 Å². The number of nitrogens with two attached hydrogens (primary N) is 1. The van der Waals surface area contributed by atoms with Crippen LogP contribution in [0.15, 0.2) is 22.8 Å². The van der Waals surface area contributed by atoms with Crippen LogP contribution in [-0.4, -0.2) is 19.8 Å². The number of rotatable bonds is 1. The summed E-state index contributed by atoms with van der Waals surface area (Å²) in [4.78, 5) is 9.97. The van der Waals surface area contributed by atoms with Crippen LogP contribution in [0, 0.1) is 0 Å². The van der Waals surface area contributed by atoms with Gasteiger partial charge in [-0.05, 0) is 12.1 Å². The van der Waals surface area contributed by atoms with Gasteiger partial charge >= 0.3 is 5.97 Å². The summed E-state index contributed by atoms with van der Waals surface area (Å²) >= 11 is -2.36. The summed E-state index contributed by atoms with van der Waals surface area (Å²) in [5.41, 5.74) is 0. The normalized spacial score (nSPS) is 11.2. The van der Waals surface area contributed by atoms with Crippen molar-refractivity contribution in [1.82, 2.24) is 0 Å². The van der Waals surface area contributed by atoms with Crippen molar-refractivity contribution in [2.24, 2.45) is 5.14 Å². The molecular formula is C5H6NO5S-. The lowest BCUT2D eigenvalue weighted by Crippen LogP contribution is -1.97. The van der Waals surface area contributed by atoms with E-state index in [-0.39, 0.29) is 5.76 Å². The molecular weight excluding hydrogens is 186 g/mol. The molecule has 0 radical (unpaired) electrons. The average Bonchev–Trinajstić information content (AvgIpc) is 2.34. The minimum absolute atomic E-state index is 0.0231. The smallest absolute Gasteiger partial charge is 0.371 e. The Morgan fingerprint density at radius 2 is 2.25 bits per heavy atom. The third-order valence-corrected chi connectivity index (χ3v) is 0.732. The van der Waals surface area contributed by atoms with E-state index in [1.165, 1.54) is 18.4 Å². The summed E-state index contributed by atoms with van der Waals surface area (Å²) in [6.45, 7) is 0. The number of aromatic carboxylic acids is 1. The highest BCUT2D eigenvalue weighted by atomic mass is 32.2. The zero-order chi connectivity index (χ0) is 9.56. The first kappa shape index (κ1) is 10.8. The Bertz CT molecular complexity index is 253. The zero-order valence-electron chi connectivity index (χ0n) is 5.80. The molecule has 6 nitrogen and oxygen atoms in total. The van der Waals surface area contributed by atoms with Crippen LogP contribution >= 0.6 is 0 Å². The molecule has 0 aromatic carbocycles. The van der Waals surface area contributed by atoms with Gasteiger partial charge in [-0.25, -0.2) is 4.79 Å². The maximum absolute atomic E-state index is 9.97. The summed E-state index contributed by atoms with van der Waals surface area (Å²) in [6, 6.07) is 2.92. The first-order valence-corrected chi connectivity index (χ1v) is 3.78. The van der Waals surface area contributed by atoms with Crippen LogP contribution in [0.4, 0.5) is 0 Å². The maximum atomic E-state index is 9.97. The van der Waals surface area contributed by atoms with E-state index in [2.05, 4.69) is 9.56 Å². The number of furan rings is 1. The zero-order valence-corrected chi connectivity index (χ0v) is 6.61. The summed E-state index contributed by atoms with van der Waals surface area (Å²) in [6.07, 6.45) is 1.32. The van der Waals surface area contributed by atoms with Gasteiger partial charge in [0.05, 0.1) is 6.26 Å². The van der Waals surface area contributed by atoms with Crippen molar-refractivity contribution < 1.29 is 23.1 Å². The van der Waals surface area contributed by atoms with Crippen LogP contribution in [0.2, 0.25) is 0 Å². The quantitative estimate of drug-likeness (QED) is 0.593. The molecule has 68 valence electrons. The van der Waals surface area contributed by atoms with Gasteiger partial charge in [0.1, 0.15) is 0 Å². The predicted octanol–water partition coefficient (Wildman–Crippen LogP) is -0.283. The topological polar surface area (TPSA) is 117 Å². The summed E-state index contributed by atoms with van der Waals surface area (Å²) < 4.78 is 22.1. The number of carboxylic acid groups (broad SMARTS) is 1. The lowest BCUT2D eigenvalue weighted by atomic mass is 10.5. The fourth-order valence-electron chi connectivity index (χ4n) is 0.400. The van der Waals surface area contributed by atoms with Crippen molar-refractivity contribution in [1.29, 1.82) is 0 Å². The van der Waals surface area contributed by atoms with E-state index in [1.807, 2.05) is 0 Å². The molecule has 1 heterocycles. The second-order valence-electron chi connectivity index (χ2n) is 1.54. The van der Waals surface area contributed by atoms with Gasteiger partial charge in [0.15, 0.2) is 0 Å². The van der Waals surface area contributed by atoms with Crippen LogP contribution in [-0.2, 0) is 11.3 Å². The van der Waals surface area contributed by atoms with Crippen molar-refractivity contribution in [2.75, 3.05) is 0 Å². The molecule has 0 saturated carbocycles. The predicted molar refractivity (Wildman–Crippen MR) is 38.8 cm³/mol. The molecule has 0 aliphatic rings. The summed E-state index contributed by atoms with van der Waals surface area (Å²) in [7, 11) is 0. The highest BCUT2D eigenvalue weighted by Gasteiger charge is 2.01. The van der Waals surface area contributed by atoms with Crippen LogP contribution in [0.3, 0.4) is 0 Å². The second kappa shape index (κ2) is 5.47. The van der Waals surface area contributed by atoms with E-state index in [4.69, 9.17) is 13.9 Å². The van der Waals surface area contributed by atoms with Gasteiger partial charge < -0.3 is 14.1 Å². The molecule has 1 unspecified atom stereocenters. The first-order valence-electron chi connectivity index (χ1n) is 2.64. The van der Waals surface area contributed by atoms with E-state index < -0.39 is 17.2 Å². The minimum atomic E-state index is -2.36. The Morgan fingerprint density at radius 1 is 1.75 bits per heavy atom. The molecule has 0 saturated heterocycles. The number of carbonyl (C=O) groups is 1. The molecule has 0 fully saturated rings. The Morgan fingerprint density at radius 3 is 2.42 bits per heavy atom. The van der Waals surface area contributed by atoms with Crippen LogP contribution in [0.25, 0.3) is 0 Å². The molecule has 0 spiro atoms. The number of hydrogen-bond donors (Lipinski definition) is 2. The van der Waals surface area contributed by atoms with Gasteiger partial charge in [-0.3, -0.25) is 9.35 Å². The monoisotopic (exact) mass is 192 g/mol. The third-order valence-electron chi connectivity index (χ3n) is 0.732. The fraction of sp³-hybridized carbons (Fsp3) is 0. The van der Waals surface area contributed by atoms with Gasteiger partial charge in [-0.1, -0.05) is 0 Å². The standard InChI is InChI=1S/C5H4O3.H3NO2S/c6-5(7)4-2-1-3-8-4;1-4(2)3/h1-3H,(H,6,7);1H2,(H,2,3)/p-1. The average molecular weight is 192 g/mol. The van der Waals surface area contributed by atoms with Crippen LogP contribution in [0.1, 0.15) is 10.6 Å². The van der Waals surface area contributed by atoms with Crippen molar-refractivity contribution in [3.8, 4) is 0 Å². The van der Waals surface area contributed by atoms with Crippen molar-refractivity contribution in [3.63, 3.8) is 0 Å². The van der Waals surface area contributed by atoms with Crippen LogP contribution in [0.5, 0.6) is 0 Å². The van der Waals surface area contributed by atoms with Gasteiger partial charge in [-0.2, -0.15) is 0 Å². The molecule has 1 aromatic heterocycles. The Balaban J connectivity index is 0.000000261. The largest absolute Gasteiger partial charge is 0.760 e. The van der Waals surface area contributed by atoms with E-state index in [9.17, 15) is 4.79 Å². The number of carboxylic acids is 1. The second-order valence-corrected chi connectivity index (χ2v) is 2.06. The SMILES string of the molecule is NS(=O)[O-].O=C(O)c1ccco1. The van der Waals surface area contributed by atoms with Crippen LogP contribution < -0.4 is 5.14 Å². The van der Waals surface area contributed by atoms with E-state index in [1.54, 1.807) is 0 Å². The molecule has 7 heteroatoms. The highest BCUT2D eigenvalue weighted by Crippen LogP contribution is 1.97. The van der Waals surface area contributed by atoms with E-state index >= 15 is 0 Å². The molecule has 0 aliphatic heterocycles. The maximum Gasteiger partial charge on any atom is 0.371 e. The van der Waals surface area contributed by atoms with Crippen molar-refractivity contribution in [3.05, 3.63) is 24.2 Å². The fourth-order valence-corrected chi connectivity index (χ4v) is 0.400. The molecule has 12 heavy (non-hydrogen) atoms. The molecule has 1 aromatic rings. The molecule has 3 N–H and O–H groups in total. The van der Waals surface area contributed by atoms with Crippen molar-refractivity contribution >= 4 is 17.2 Å². The Hall–Kier alpha value is -1.18. The Kier molecular flexibility index (Phi) is 4.93. The number of hydrogen-bond acceptors (Lipinski definition) is 4. The minimum Gasteiger partial charge on any atom is -0.760 e. The van der Waals surface area contributed by atoms with E-state index in [0.717, 1.165) is 0 Å². The summed E-state index contributed by atoms with van der Waals surface area (Å²) in [5, 5.41) is 12.2. The Labute approximate surface area is 70.4 Å². The first-order chi connectivity index (χ1) is 5.54. The molecule has 0 bridgehead atoms. The van der Waals surface area contributed by atoms with Gasteiger partial charge in [0.2, 0.25) is 5.76 Å². The molecule has 0 aliphatic carbocycles.